The molecule has 0 radical (unpaired) electrons. The number of ether oxygens (including phenoxy) is 1. The quantitative estimate of drug-likeness (QED) is 0.791. The molecule has 0 N–H and O–H groups in total. The van der Waals surface area contributed by atoms with Crippen molar-refractivity contribution in [2.45, 2.75) is 59.2 Å². The summed E-state index contributed by atoms with van der Waals surface area (Å²) in [4.78, 5) is 0. The fraction of sp³-hybridized carbons (Fsp3) is 0.625. The Hall–Kier alpha value is -0.995. The number of hydrogen-bond donors (Lipinski definition) is 0. The number of hydrogen-bond acceptors (Lipinski definition) is 3. The van der Waals surface area contributed by atoms with Crippen LogP contribution >= 0.6 is 0 Å². The Kier molecular flexibility index (Phi) is 4.17. The zero-order valence-electron chi connectivity index (χ0n) is 13.4. The van der Waals surface area contributed by atoms with Gasteiger partial charge in [-0.15, -0.1) is 0 Å². The minimum Gasteiger partial charge on any atom is -0.493 e. The molecule has 110 valence electrons. The van der Waals surface area contributed by atoms with Gasteiger partial charge in [0.25, 0.3) is 0 Å². The van der Waals surface area contributed by atoms with E-state index < -0.39 is 0 Å². The predicted octanol–water partition coefficient (Wildman–Crippen LogP) is 3.08. The van der Waals surface area contributed by atoms with Gasteiger partial charge in [-0.3, -0.25) is 0 Å². The highest BCUT2D eigenvalue weighted by Gasteiger charge is 2.51. The molecule has 1 aromatic rings. The third kappa shape index (κ3) is 2.86. The first kappa shape index (κ1) is 15.4. The Balaban J connectivity index is 2.22. The van der Waals surface area contributed by atoms with E-state index in [9.17, 15) is 0 Å². The molecule has 20 heavy (non-hydrogen) atoms. The Labute approximate surface area is 122 Å². The van der Waals surface area contributed by atoms with E-state index in [1.165, 1.54) is 0 Å². The van der Waals surface area contributed by atoms with Gasteiger partial charge in [-0.05, 0) is 58.1 Å². The van der Waals surface area contributed by atoms with E-state index >= 15 is 0 Å². The van der Waals surface area contributed by atoms with Crippen molar-refractivity contribution in [2.24, 2.45) is 0 Å². The van der Waals surface area contributed by atoms with Gasteiger partial charge in [0.2, 0.25) is 0 Å². The molecule has 0 aliphatic carbocycles. The summed E-state index contributed by atoms with van der Waals surface area (Å²) in [5.41, 5.74) is 1.53. The van der Waals surface area contributed by atoms with Crippen molar-refractivity contribution in [3.8, 4) is 5.75 Å². The van der Waals surface area contributed by atoms with Gasteiger partial charge in [-0.25, -0.2) is 0 Å². The van der Waals surface area contributed by atoms with Crippen LogP contribution < -0.4 is 10.2 Å². The van der Waals surface area contributed by atoms with Crippen molar-refractivity contribution >= 4 is 12.6 Å². The Morgan fingerprint density at radius 1 is 1.10 bits per heavy atom. The lowest BCUT2D eigenvalue weighted by atomic mass is 9.78. The molecule has 0 aromatic heterocycles. The van der Waals surface area contributed by atoms with E-state index in [-0.39, 0.29) is 18.3 Å². The third-order valence-electron chi connectivity index (χ3n) is 4.20. The first-order valence-corrected chi connectivity index (χ1v) is 7.36. The fourth-order valence-electron chi connectivity index (χ4n) is 2.11. The van der Waals surface area contributed by atoms with Crippen LogP contribution in [0.3, 0.4) is 0 Å². The highest BCUT2D eigenvalue weighted by Crippen LogP contribution is 2.36. The van der Waals surface area contributed by atoms with Crippen molar-refractivity contribution in [3.05, 3.63) is 23.8 Å². The van der Waals surface area contributed by atoms with Crippen LogP contribution in [-0.4, -0.2) is 24.9 Å². The van der Waals surface area contributed by atoms with Gasteiger partial charge in [0.1, 0.15) is 5.75 Å². The first-order chi connectivity index (χ1) is 9.27. The molecule has 0 spiro atoms. The predicted molar refractivity (Wildman–Crippen MR) is 82.7 cm³/mol. The van der Waals surface area contributed by atoms with Crippen LogP contribution in [0, 0.1) is 6.92 Å². The van der Waals surface area contributed by atoms with Crippen LogP contribution in [-0.2, 0) is 9.31 Å². The maximum Gasteiger partial charge on any atom is 0.494 e. The van der Waals surface area contributed by atoms with E-state index in [0.29, 0.717) is 0 Å². The van der Waals surface area contributed by atoms with Crippen LogP contribution in [0.1, 0.15) is 46.6 Å². The average molecular weight is 276 g/mol. The smallest absolute Gasteiger partial charge is 0.493 e. The summed E-state index contributed by atoms with van der Waals surface area (Å²) in [5.74, 6) is 0.916. The Morgan fingerprint density at radius 2 is 1.70 bits per heavy atom. The van der Waals surface area contributed by atoms with Crippen LogP contribution in [0.4, 0.5) is 0 Å². The van der Waals surface area contributed by atoms with Crippen LogP contribution in [0.25, 0.3) is 0 Å². The summed E-state index contributed by atoms with van der Waals surface area (Å²) in [6, 6.07) is 6.15. The van der Waals surface area contributed by atoms with Gasteiger partial charge in [-0.1, -0.05) is 19.1 Å². The topological polar surface area (TPSA) is 27.7 Å². The number of rotatable bonds is 4. The van der Waals surface area contributed by atoms with Gasteiger partial charge < -0.3 is 14.0 Å². The molecule has 0 saturated carbocycles. The largest absolute Gasteiger partial charge is 0.494 e. The molecule has 1 aliphatic heterocycles. The second-order valence-electron chi connectivity index (χ2n) is 6.46. The molecule has 2 rings (SSSR count). The van der Waals surface area contributed by atoms with Gasteiger partial charge >= 0.3 is 7.12 Å². The number of aryl methyl sites for hydroxylation is 1. The minimum absolute atomic E-state index is 0.313. The average Bonchev–Trinajstić information content (AvgIpc) is 2.57. The molecule has 0 atom stereocenters. The standard InChI is InChI=1S/C16H25BO3/c1-7-10-18-14-11-13(9-8-12(14)2)17-19-15(3,4)16(5,6)20-17/h8-9,11H,7,10H2,1-6H3. The molecule has 3 nitrogen and oxygen atoms in total. The molecule has 4 heteroatoms. The van der Waals surface area contributed by atoms with Crippen LogP contribution in [0.15, 0.2) is 18.2 Å². The Morgan fingerprint density at radius 3 is 2.25 bits per heavy atom. The van der Waals surface area contributed by atoms with Gasteiger partial charge in [0.15, 0.2) is 0 Å². The summed E-state index contributed by atoms with van der Waals surface area (Å²) in [7, 11) is -0.329. The molecule has 1 saturated heterocycles. The normalized spacial score (nSPS) is 20.2. The Bertz CT molecular complexity index is 467. The summed E-state index contributed by atoms with van der Waals surface area (Å²) in [5, 5.41) is 0. The highest BCUT2D eigenvalue weighted by molar-refractivity contribution is 6.62. The maximum atomic E-state index is 6.07. The van der Waals surface area contributed by atoms with E-state index in [2.05, 4.69) is 53.7 Å². The van der Waals surface area contributed by atoms with Gasteiger partial charge in [0, 0.05) is 0 Å². The van der Waals surface area contributed by atoms with E-state index in [1.54, 1.807) is 0 Å². The van der Waals surface area contributed by atoms with E-state index in [0.717, 1.165) is 29.8 Å². The maximum absolute atomic E-state index is 6.07. The molecule has 0 unspecified atom stereocenters. The van der Waals surface area contributed by atoms with E-state index in [4.69, 9.17) is 14.0 Å². The lowest BCUT2D eigenvalue weighted by molar-refractivity contribution is 0.00578. The second-order valence-corrected chi connectivity index (χ2v) is 6.46. The second kappa shape index (κ2) is 5.42. The lowest BCUT2D eigenvalue weighted by Gasteiger charge is -2.32. The van der Waals surface area contributed by atoms with Crippen molar-refractivity contribution in [1.82, 2.24) is 0 Å². The first-order valence-electron chi connectivity index (χ1n) is 7.36. The lowest BCUT2D eigenvalue weighted by Crippen LogP contribution is -2.41. The molecule has 1 heterocycles. The molecular formula is C16H25BO3. The summed E-state index contributed by atoms with van der Waals surface area (Å²) in [6.07, 6.45) is 1.00. The molecule has 0 amide bonds. The highest BCUT2D eigenvalue weighted by atomic mass is 16.7. The SMILES string of the molecule is CCCOc1cc(B2OC(C)(C)C(C)(C)O2)ccc1C. The van der Waals surface area contributed by atoms with Gasteiger partial charge in [-0.2, -0.15) is 0 Å². The summed E-state index contributed by atoms with van der Waals surface area (Å²) < 4.78 is 17.9. The molecular weight excluding hydrogens is 251 g/mol. The van der Waals surface area contributed by atoms with E-state index in [1.807, 2.05) is 6.07 Å². The van der Waals surface area contributed by atoms with Crippen molar-refractivity contribution in [3.63, 3.8) is 0 Å². The molecule has 1 fully saturated rings. The monoisotopic (exact) mass is 276 g/mol. The van der Waals surface area contributed by atoms with Crippen molar-refractivity contribution < 1.29 is 14.0 Å². The van der Waals surface area contributed by atoms with Crippen molar-refractivity contribution in [1.29, 1.82) is 0 Å². The number of benzene rings is 1. The zero-order chi connectivity index (χ0) is 15.0. The molecule has 1 aliphatic rings. The summed E-state index contributed by atoms with van der Waals surface area (Å²) >= 11 is 0. The molecule has 1 aromatic carbocycles. The molecule has 0 bridgehead atoms. The summed E-state index contributed by atoms with van der Waals surface area (Å²) in [6.45, 7) is 13.1. The van der Waals surface area contributed by atoms with Crippen LogP contribution in [0.5, 0.6) is 5.75 Å². The zero-order valence-corrected chi connectivity index (χ0v) is 13.4. The fourth-order valence-corrected chi connectivity index (χ4v) is 2.11. The van der Waals surface area contributed by atoms with Crippen LogP contribution in [0.2, 0.25) is 0 Å². The minimum atomic E-state index is -0.329. The van der Waals surface area contributed by atoms with Crippen molar-refractivity contribution in [2.75, 3.05) is 6.61 Å². The van der Waals surface area contributed by atoms with Gasteiger partial charge in [0.05, 0.1) is 17.8 Å². The third-order valence-corrected chi connectivity index (χ3v) is 4.20.